The molecule has 7 nitrogen and oxygen atoms in total. The number of benzene rings is 1. The number of hydrogen-bond acceptors (Lipinski definition) is 5. The number of esters is 1. The summed E-state index contributed by atoms with van der Waals surface area (Å²) < 4.78 is 31.9. The average Bonchev–Trinajstić information content (AvgIpc) is 2.60. The summed E-state index contributed by atoms with van der Waals surface area (Å²) in [4.78, 5) is 23.9. The summed E-state index contributed by atoms with van der Waals surface area (Å²) >= 11 is 12.0. The smallest absolute Gasteiger partial charge is 0.309 e. The summed E-state index contributed by atoms with van der Waals surface area (Å²) in [6.07, 6.45) is 0.605. The van der Waals surface area contributed by atoms with Crippen molar-refractivity contribution in [1.29, 1.82) is 0 Å². The molecule has 0 aliphatic carbocycles. The number of rotatable bonds is 5. The molecular formula is C18H24Cl2N2O5S. The minimum Gasteiger partial charge on any atom is -0.455 e. The van der Waals surface area contributed by atoms with E-state index in [0.717, 1.165) is 0 Å². The number of sulfonamides is 1. The van der Waals surface area contributed by atoms with Gasteiger partial charge >= 0.3 is 5.97 Å². The summed E-state index contributed by atoms with van der Waals surface area (Å²) in [5.74, 6) is -1.33. The van der Waals surface area contributed by atoms with Gasteiger partial charge < -0.3 is 10.1 Å². The molecule has 28 heavy (non-hydrogen) atoms. The average molecular weight is 451 g/mol. The van der Waals surface area contributed by atoms with Crippen LogP contribution >= 0.6 is 23.2 Å². The lowest BCUT2D eigenvalue weighted by Gasteiger charge is -2.30. The van der Waals surface area contributed by atoms with Gasteiger partial charge in [0.2, 0.25) is 10.0 Å². The van der Waals surface area contributed by atoms with Crippen LogP contribution in [0.3, 0.4) is 0 Å². The molecule has 1 heterocycles. The molecule has 1 saturated heterocycles. The number of amides is 1. The van der Waals surface area contributed by atoms with Gasteiger partial charge in [-0.2, -0.15) is 4.31 Å². The van der Waals surface area contributed by atoms with Crippen LogP contribution in [0.1, 0.15) is 33.6 Å². The molecule has 156 valence electrons. The van der Waals surface area contributed by atoms with Crippen molar-refractivity contribution in [1.82, 2.24) is 9.62 Å². The summed E-state index contributed by atoms with van der Waals surface area (Å²) in [5.41, 5.74) is -0.412. The lowest BCUT2D eigenvalue weighted by Crippen LogP contribution is -2.44. The van der Waals surface area contributed by atoms with E-state index in [1.54, 1.807) is 0 Å². The number of nitrogens with one attached hydrogen (secondary N) is 1. The normalized spacial score (nSPS) is 16.6. The lowest BCUT2D eigenvalue weighted by molar-refractivity contribution is -0.154. The fourth-order valence-electron chi connectivity index (χ4n) is 2.86. The largest absolute Gasteiger partial charge is 0.455 e. The summed E-state index contributed by atoms with van der Waals surface area (Å²) in [6, 6.07) is 4.44. The summed E-state index contributed by atoms with van der Waals surface area (Å²) in [5, 5.41) is 2.85. The van der Waals surface area contributed by atoms with Crippen LogP contribution in [0.4, 0.5) is 0 Å². The van der Waals surface area contributed by atoms with Gasteiger partial charge in [-0.25, -0.2) is 8.42 Å². The van der Waals surface area contributed by atoms with Crippen molar-refractivity contribution in [2.75, 3.05) is 19.7 Å². The van der Waals surface area contributed by atoms with E-state index >= 15 is 0 Å². The van der Waals surface area contributed by atoms with Gasteiger partial charge in [0.05, 0.1) is 16.0 Å². The number of ether oxygens (including phenoxy) is 1. The first-order valence-corrected chi connectivity index (χ1v) is 11.0. The monoisotopic (exact) mass is 450 g/mol. The number of nitrogens with zero attached hydrogens (tertiary/aromatic N) is 1. The predicted octanol–water partition coefficient (Wildman–Crippen LogP) is 2.85. The SMILES string of the molecule is CC(C)(C)NC(=O)COC(=O)C1CCN(S(=O)(=O)c2cccc(Cl)c2Cl)CC1. The molecule has 1 amide bonds. The van der Waals surface area contributed by atoms with E-state index in [0.29, 0.717) is 12.8 Å². The minimum absolute atomic E-state index is 0.0180. The Hall–Kier alpha value is -1.35. The van der Waals surface area contributed by atoms with Crippen LogP contribution in [0.2, 0.25) is 10.0 Å². The first-order valence-electron chi connectivity index (χ1n) is 8.83. The van der Waals surface area contributed by atoms with Gasteiger partial charge in [-0.3, -0.25) is 9.59 Å². The quantitative estimate of drug-likeness (QED) is 0.695. The highest BCUT2D eigenvalue weighted by molar-refractivity contribution is 7.89. The van der Waals surface area contributed by atoms with Crippen LogP contribution in [0.5, 0.6) is 0 Å². The van der Waals surface area contributed by atoms with E-state index in [4.69, 9.17) is 27.9 Å². The maximum absolute atomic E-state index is 12.8. The zero-order valence-electron chi connectivity index (χ0n) is 16.0. The van der Waals surface area contributed by atoms with E-state index in [9.17, 15) is 18.0 Å². The van der Waals surface area contributed by atoms with Gasteiger partial charge in [-0.05, 0) is 45.7 Å². The van der Waals surface area contributed by atoms with E-state index in [-0.39, 0.29) is 40.5 Å². The topological polar surface area (TPSA) is 92.8 Å². The fourth-order valence-corrected chi connectivity index (χ4v) is 5.07. The molecule has 0 aromatic heterocycles. The molecule has 1 aromatic rings. The molecule has 1 N–H and O–H groups in total. The highest BCUT2D eigenvalue weighted by Crippen LogP contribution is 2.32. The molecule has 0 saturated carbocycles. The number of carbonyl (C=O) groups is 2. The third-order valence-corrected chi connectivity index (χ3v) is 7.05. The number of carbonyl (C=O) groups excluding carboxylic acids is 2. The number of hydrogen-bond donors (Lipinski definition) is 1. The standard InChI is InChI=1S/C18H24Cl2N2O5S/c1-18(2,3)21-15(23)11-27-17(24)12-7-9-22(10-8-12)28(25,26)14-6-4-5-13(19)16(14)20/h4-6,12H,7-11H2,1-3H3,(H,21,23). The van der Waals surface area contributed by atoms with Crippen LogP contribution in [0.25, 0.3) is 0 Å². The number of halogens is 2. The maximum Gasteiger partial charge on any atom is 0.309 e. The Balaban J connectivity index is 1.92. The molecule has 0 unspecified atom stereocenters. The second-order valence-corrected chi connectivity index (χ2v) is 10.3. The van der Waals surface area contributed by atoms with E-state index < -0.39 is 27.4 Å². The van der Waals surface area contributed by atoms with Gasteiger partial charge in [0, 0.05) is 18.6 Å². The third kappa shape index (κ3) is 5.83. The molecule has 1 aliphatic rings. The van der Waals surface area contributed by atoms with E-state index in [2.05, 4.69) is 5.32 Å². The second-order valence-electron chi connectivity index (χ2n) is 7.64. The van der Waals surface area contributed by atoms with Crippen LogP contribution in [0, 0.1) is 5.92 Å². The van der Waals surface area contributed by atoms with Crippen LogP contribution < -0.4 is 5.32 Å². The zero-order valence-corrected chi connectivity index (χ0v) is 18.3. The number of piperidine rings is 1. The minimum atomic E-state index is -3.81. The Morgan fingerprint density at radius 3 is 2.39 bits per heavy atom. The first-order chi connectivity index (χ1) is 12.9. The van der Waals surface area contributed by atoms with Gasteiger partial charge in [0.15, 0.2) is 6.61 Å². The van der Waals surface area contributed by atoms with Gasteiger partial charge in [0.25, 0.3) is 5.91 Å². The fraction of sp³-hybridized carbons (Fsp3) is 0.556. The molecular weight excluding hydrogens is 427 g/mol. The van der Waals surface area contributed by atoms with Gasteiger partial charge in [-0.15, -0.1) is 0 Å². The van der Waals surface area contributed by atoms with Crippen molar-refractivity contribution in [3.05, 3.63) is 28.2 Å². The van der Waals surface area contributed by atoms with Crippen molar-refractivity contribution < 1.29 is 22.7 Å². The molecule has 1 aromatic carbocycles. The molecule has 1 aliphatic heterocycles. The van der Waals surface area contributed by atoms with E-state index in [1.165, 1.54) is 22.5 Å². The maximum atomic E-state index is 12.8. The summed E-state index contributed by atoms with van der Waals surface area (Å²) in [7, 11) is -3.81. The van der Waals surface area contributed by atoms with Gasteiger partial charge in [-0.1, -0.05) is 29.3 Å². The Morgan fingerprint density at radius 1 is 1.21 bits per heavy atom. The van der Waals surface area contributed by atoms with E-state index in [1.807, 2.05) is 20.8 Å². The molecule has 10 heteroatoms. The van der Waals surface area contributed by atoms with Crippen molar-refractivity contribution in [2.24, 2.45) is 5.92 Å². The predicted molar refractivity (Wildman–Crippen MR) is 107 cm³/mol. The van der Waals surface area contributed by atoms with Crippen LogP contribution in [-0.2, 0) is 24.3 Å². The Kier molecular flexibility index (Phi) is 7.36. The molecule has 1 fully saturated rings. The Bertz CT molecular complexity index is 844. The molecule has 0 radical (unpaired) electrons. The van der Waals surface area contributed by atoms with Crippen molar-refractivity contribution in [2.45, 2.75) is 44.0 Å². The highest BCUT2D eigenvalue weighted by atomic mass is 35.5. The Morgan fingerprint density at radius 2 is 1.82 bits per heavy atom. The highest BCUT2D eigenvalue weighted by Gasteiger charge is 2.34. The van der Waals surface area contributed by atoms with Crippen molar-refractivity contribution in [3.8, 4) is 0 Å². The first kappa shape index (κ1) is 22.9. The summed E-state index contributed by atoms with van der Waals surface area (Å²) in [6.45, 7) is 5.43. The molecule has 2 rings (SSSR count). The second kappa shape index (κ2) is 8.98. The van der Waals surface area contributed by atoms with Crippen LogP contribution in [0.15, 0.2) is 23.1 Å². The molecule has 0 atom stereocenters. The van der Waals surface area contributed by atoms with Gasteiger partial charge in [0.1, 0.15) is 4.90 Å². The Labute approximate surface area is 175 Å². The zero-order chi connectivity index (χ0) is 21.1. The van der Waals surface area contributed by atoms with Crippen molar-refractivity contribution >= 4 is 45.1 Å². The lowest BCUT2D eigenvalue weighted by atomic mass is 9.98. The molecule has 0 bridgehead atoms. The van der Waals surface area contributed by atoms with Crippen molar-refractivity contribution in [3.63, 3.8) is 0 Å². The van der Waals surface area contributed by atoms with Crippen LogP contribution in [-0.4, -0.2) is 49.8 Å². The molecule has 0 spiro atoms. The third-order valence-electron chi connectivity index (χ3n) is 4.18.